The number of aromatic nitrogens is 5. The number of carbonyl (C=O) groups is 1. The van der Waals surface area contributed by atoms with Crippen LogP contribution in [0.2, 0.25) is 5.02 Å². The standard InChI is InChI=1S/C22H21ClN6O3/c1-14(2)31-12-18(21(30)28-19-9-5-6-10-24-19)32-22-15-11-27-29(20(15)25-13-26-22)17-8-4-3-7-16(17)23/h3-11,13-14,18H,12H2,1-2H3,(H,24,28,30). The normalized spacial score (nSPS) is 12.1. The minimum absolute atomic E-state index is 0.0283. The lowest BCUT2D eigenvalue weighted by Gasteiger charge is -2.19. The molecular formula is C22H21ClN6O3. The maximum atomic E-state index is 12.9. The van der Waals surface area contributed by atoms with Gasteiger partial charge in [-0.2, -0.15) is 5.10 Å². The van der Waals surface area contributed by atoms with Crippen molar-refractivity contribution in [1.82, 2.24) is 24.7 Å². The Morgan fingerprint density at radius 3 is 2.69 bits per heavy atom. The SMILES string of the molecule is CC(C)OCC(Oc1ncnc2c1cnn2-c1ccccc1Cl)C(=O)Nc1ccccn1. The van der Waals surface area contributed by atoms with Crippen LogP contribution in [0, 0.1) is 0 Å². The zero-order valence-electron chi connectivity index (χ0n) is 17.5. The predicted octanol–water partition coefficient (Wildman–Crippen LogP) is 3.68. The van der Waals surface area contributed by atoms with Crippen LogP contribution in [0.4, 0.5) is 5.82 Å². The molecule has 32 heavy (non-hydrogen) atoms. The maximum Gasteiger partial charge on any atom is 0.269 e. The summed E-state index contributed by atoms with van der Waals surface area (Å²) in [5, 5.41) is 8.18. The van der Waals surface area contributed by atoms with Crippen LogP contribution in [-0.2, 0) is 9.53 Å². The summed E-state index contributed by atoms with van der Waals surface area (Å²) < 4.78 is 13.2. The van der Waals surface area contributed by atoms with E-state index in [1.807, 2.05) is 32.0 Å². The van der Waals surface area contributed by atoms with Crippen molar-refractivity contribution >= 4 is 34.4 Å². The molecule has 0 saturated carbocycles. The molecule has 0 saturated heterocycles. The van der Waals surface area contributed by atoms with Crippen molar-refractivity contribution < 1.29 is 14.3 Å². The molecule has 1 amide bonds. The number of benzene rings is 1. The molecule has 0 spiro atoms. The monoisotopic (exact) mass is 452 g/mol. The second kappa shape index (κ2) is 9.71. The molecule has 3 heterocycles. The molecule has 1 N–H and O–H groups in total. The van der Waals surface area contributed by atoms with Crippen LogP contribution in [0.1, 0.15) is 13.8 Å². The van der Waals surface area contributed by atoms with Gasteiger partial charge in [0.15, 0.2) is 5.65 Å². The van der Waals surface area contributed by atoms with Crippen molar-refractivity contribution in [1.29, 1.82) is 0 Å². The summed E-state index contributed by atoms with van der Waals surface area (Å²) >= 11 is 6.32. The van der Waals surface area contributed by atoms with E-state index in [4.69, 9.17) is 21.1 Å². The summed E-state index contributed by atoms with van der Waals surface area (Å²) in [6.07, 6.45) is 3.46. The van der Waals surface area contributed by atoms with Crippen LogP contribution in [-0.4, -0.2) is 49.5 Å². The molecule has 0 radical (unpaired) electrons. The highest BCUT2D eigenvalue weighted by Gasteiger charge is 2.25. The maximum absolute atomic E-state index is 12.9. The number of halogens is 1. The molecule has 9 nitrogen and oxygen atoms in total. The van der Waals surface area contributed by atoms with Crippen molar-refractivity contribution in [2.45, 2.75) is 26.1 Å². The minimum atomic E-state index is -0.971. The van der Waals surface area contributed by atoms with E-state index >= 15 is 0 Å². The van der Waals surface area contributed by atoms with E-state index in [0.29, 0.717) is 27.6 Å². The zero-order chi connectivity index (χ0) is 22.5. The minimum Gasteiger partial charge on any atom is -0.461 e. The summed E-state index contributed by atoms with van der Waals surface area (Å²) in [5.41, 5.74) is 1.16. The van der Waals surface area contributed by atoms with Crippen molar-refractivity contribution in [2.24, 2.45) is 0 Å². The third kappa shape index (κ3) is 4.84. The van der Waals surface area contributed by atoms with Gasteiger partial charge in [0.25, 0.3) is 5.91 Å². The van der Waals surface area contributed by atoms with Crippen LogP contribution in [0.5, 0.6) is 5.88 Å². The van der Waals surface area contributed by atoms with Gasteiger partial charge >= 0.3 is 0 Å². The Kier molecular flexibility index (Phi) is 6.58. The van der Waals surface area contributed by atoms with E-state index in [1.54, 1.807) is 41.3 Å². The van der Waals surface area contributed by atoms with Crippen LogP contribution in [0.25, 0.3) is 16.7 Å². The molecule has 3 aromatic heterocycles. The number of hydrogen-bond donors (Lipinski definition) is 1. The Bertz CT molecular complexity index is 1210. The summed E-state index contributed by atoms with van der Waals surface area (Å²) in [4.78, 5) is 25.6. The number of carbonyl (C=O) groups excluding carboxylic acids is 1. The molecule has 0 aliphatic heterocycles. The fourth-order valence-corrected chi connectivity index (χ4v) is 3.15. The van der Waals surface area contributed by atoms with Gasteiger partial charge in [-0.3, -0.25) is 4.79 Å². The lowest BCUT2D eigenvalue weighted by atomic mass is 10.3. The van der Waals surface area contributed by atoms with Crippen molar-refractivity contribution in [3.05, 3.63) is 66.2 Å². The number of para-hydroxylation sites is 1. The molecule has 4 aromatic rings. The fraction of sp³-hybridized carbons (Fsp3) is 0.227. The van der Waals surface area contributed by atoms with E-state index < -0.39 is 12.0 Å². The number of ether oxygens (including phenoxy) is 2. The molecule has 0 aliphatic rings. The number of hydrogen-bond acceptors (Lipinski definition) is 7. The highest BCUT2D eigenvalue weighted by atomic mass is 35.5. The smallest absolute Gasteiger partial charge is 0.269 e. The van der Waals surface area contributed by atoms with Gasteiger partial charge < -0.3 is 14.8 Å². The van der Waals surface area contributed by atoms with Gasteiger partial charge in [-0.15, -0.1) is 0 Å². The number of nitrogens with zero attached hydrogens (tertiary/aromatic N) is 5. The molecule has 1 aromatic carbocycles. The zero-order valence-corrected chi connectivity index (χ0v) is 18.2. The Morgan fingerprint density at radius 2 is 1.94 bits per heavy atom. The predicted molar refractivity (Wildman–Crippen MR) is 120 cm³/mol. The van der Waals surface area contributed by atoms with E-state index in [-0.39, 0.29) is 18.6 Å². The summed E-state index contributed by atoms with van der Waals surface area (Å²) in [5.74, 6) is 0.214. The van der Waals surface area contributed by atoms with E-state index in [9.17, 15) is 4.79 Å². The molecule has 10 heteroatoms. The highest BCUT2D eigenvalue weighted by molar-refractivity contribution is 6.32. The molecule has 1 unspecified atom stereocenters. The van der Waals surface area contributed by atoms with Gasteiger partial charge in [-0.1, -0.05) is 29.8 Å². The Hall–Kier alpha value is -3.56. The van der Waals surface area contributed by atoms with Crippen molar-refractivity contribution in [3.8, 4) is 11.6 Å². The number of rotatable bonds is 8. The van der Waals surface area contributed by atoms with Gasteiger partial charge in [-0.25, -0.2) is 19.6 Å². The first-order valence-corrected chi connectivity index (χ1v) is 10.3. The first-order chi connectivity index (χ1) is 15.5. The number of anilines is 1. The molecule has 0 aliphatic carbocycles. The van der Waals surface area contributed by atoms with Crippen molar-refractivity contribution in [2.75, 3.05) is 11.9 Å². The second-order valence-electron chi connectivity index (χ2n) is 7.12. The lowest BCUT2D eigenvalue weighted by Crippen LogP contribution is -2.38. The number of amides is 1. The van der Waals surface area contributed by atoms with E-state index in [2.05, 4.69) is 25.4 Å². The van der Waals surface area contributed by atoms with Gasteiger partial charge in [-0.05, 0) is 38.1 Å². The first-order valence-electron chi connectivity index (χ1n) is 9.96. The second-order valence-corrected chi connectivity index (χ2v) is 7.52. The van der Waals surface area contributed by atoms with E-state index in [0.717, 1.165) is 0 Å². The summed E-state index contributed by atoms with van der Waals surface area (Å²) in [6, 6.07) is 12.5. The number of nitrogens with one attached hydrogen (secondary N) is 1. The largest absolute Gasteiger partial charge is 0.461 e. The fourth-order valence-electron chi connectivity index (χ4n) is 2.94. The van der Waals surface area contributed by atoms with Gasteiger partial charge in [0.2, 0.25) is 12.0 Å². The number of pyridine rings is 1. The molecule has 4 rings (SSSR count). The average Bonchev–Trinajstić information content (AvgIpc) is 3.22. The quantitative estimate of drug-likeness (QED) is 0.435. The van der Waals surface area contributed by atoms with Crippen LogP contribution >= 0.6 is 11.6 Å². The van der Waals surface area contributed by atoms with Crippen LogP contribution in [0.3, 0.4) is 0 Å². The third-order valence-corrected chi connectivity index (χ3v) is 4.77. The Morgan fingerprint density at radius 1 is 1.12 bits per heavy atom. The Labute approximate surface area is 189 Å². The lowest BCUT2D eigenvalue weighted by molar-refractivity contribution is -0.126. The first kappa shape index (κ1) is 21.7. The molecule has 164 valence electrons. The van der Waals surface area contributed by atoms with Crippen LogP contribution in [0.15, 0.2) is 61.2 Å². The summed E-state index contributed by atoms with van der Waals surface area (Å²) in [6.45, 7) is 3.79. The van der Waals surface area contributed by atoms with Crippen LogP contribution < -0.4 is 10.1 Å². The topological polar surface area (TPSA) is 104 Å². The number of fused-ring (bicyclic) bond motifs is 1. The average molecular weight is 453 g/mol. The summed E-state index contributed by atoms with van der Waals surface area (Å²) in [7, 11) is 0. The molecule has 0 fully saturated rings. The van der Waals surface area contributed by atoms with Gasteiger partial charge in [0, 0.05) is 6.20 Å². The third-order valence-electron chi connectivity index (χ3n) is 4.45. The van der Waals surface area contributed by atoms with E-state index in [1.165, 1.54) is 6.33 Å². The van der Waals surface area contributed by atoms with Gasteiger partial charge in [0.05, 0.1) is 29.6 Å². The molecule has 1 atom stereocenters. The highest BCUT2D eigenvalue weighted by Crippen LogP contribution is 2.27. The van der Waals surface area contributed by atoms with Crippen molar-refractivity contribution in [3.63, 3.8) is 0 Å². The Balaban J connectivity index is 1.63. The molecule has 0 bridgehead atoms. The van der Waals surface area contributed by atoms with Gasteiger partial charge in [0.1, 0.15) is 17.5 Å². The molecular weight excluding hydrogens is 432 g/mol.